The van der Waals surface area contributed by atoms with E-state index in [0.29, 0.717) is 39.0 Å². The van der Waals surface area contributed by atoms with Crippen molar-refractivity contribution in [1.82, 2.24) is 14.5 Å². The van der Waals surface area contributed by atoms with Crippen molar-refractivity contribution >= 4 is 16.9 Å². The van der Waals surface area contributed by atoms with Gasteiger partial charge in [-0.25, -0.2) is 4.98 Å². The number of piperidine rings is 1. The summed E-state index contributed by atoms with van der Waals surface area (Å²) in [6.45, 7) is 3.66. The monoisotopic (exact) mass is 359 g/mol. The van der Waals surface area contributed by atoms with E-state index in [-0.39, 0.29) is 12.5 Å². The lowest BCUT2D eigenvalue weighted by atomic mass is 9.80. The van der Waals surface area contributed by atoms with Gasteiger partial charge in [0.1, 0.15) is 18.5 Å². The molecule has 3 heterocycles. The fourth-order valence-electron chi connectivity index (χ4n) is 4.18. The molecule has 1 aromatic carbocycles. The maximum absolute atomic E-state index is 12.8. The van der Waals surface area contributed by atoms with E-state index in [0.717, 1.165) is 16.9 Å². The van der Waals surface area contributed by atoms with Gasteiger partial charge in [0.2, 0.25) is 5.91 Å². The van der Waals surface area contributed by atoms with E-state index < -0.39 is 17.8 Å². The van der Waals surface area contributed by atoms with Gasteiger partial charge in [0.15, 0.2) is 0 Å². The molecule has 2 aromatic rings. The Hall–Kier alpha value is -1.96. The van der Waals surface area contributed by atoms with Crippen molar-refractivity contribution in [2.45, 2.75) is 50.5 Å². The number of nitrogens with zero attached hydrogens (tertiary/aromatic N) is 3. The number of benzene rings is 1. The van der Waals surface area contributed by atoms with Gasteiger partial charge in [-0.05, 0) is 38.3 Å². The van der Waals surface area contributed by atoms with Gasteiger partial charge in [0.25, 0.3) is 0 Å². The van der Waals surface area contributed by atoms with Crippen LogP contribution in [0.3, 0.4) is 0 Å². The summed E-state index contributed by atoms with van der Waals surface area (Å²) >= 11 is 0. The Labute approximate surface area is 152 Å². The lowest BCUT2D eigenvalue weighted by molar-refractivity contribution is -0.214. The number of amides is 1. The largest absolute Gasteiger partial charge is 0.390 e. The predicted octanol–water partition coefficient (Wildman–Crippen LogP) is 0.848. The summed E-state index contributed by atoms with van der Waals surface area (Å²) < 4.78 is 7.78. The lowest BCUT2D eigenvalue weighted by Gasteiger charge is -2.48. The van der Waals surface area contributed by atoms with Gasteiger partial charge < -0.3 is 24.4 Å². The summed E-state index contributed by atoms with van der Waals surface area (Å²) in [5, 5.41) is 20.3. The Balaban J connectivity index is 1.45. The van der Waals surface area contributed by atoms with Crippen LogP contribution in [0.15, 0.2) is 24.3 Å². The molecule has 0 radical (unpaired) electrons. The smallest absolute Gasteiger partial charge is 0.242 e. The number of aliphatic hydroxyl groups is 2. The third kappa shape index (κ3) is 2.90. The first kappa shape index (κ1) is 17.5. The summed E-state index contributed by atoms with van der Waals surface area (Å²) in [5.41, 5.74) is 1.13. The van der Waals surface area contributed by atoms with E-state index in [2.05, 4.69) is 4.98 Å². The highest BCUT2D eigenvalue weighted by Crippen LogP contribution is 2.35. The van der Waals surface area contributed by atoms with Gasteiger partial charge >= 0.3 is 0 Å². The molecule has 2 aliphatic rings. The number of hydrogen-bond acceptors (Lipinski definition) is 5. The van der Waals surface area contributed by atoms with E-state index in [9.17, 15) is 15.0 Å². The van der Waals surface area contributed by atoms with Crippen LogP contribution in [0.2, 0.25) is 0 Å². The minimum absolute atomic E-state index is 0.0388. The zero-order valence-electron chi connectivity index (χ0n) is 15.0. The van der Waals surface area contributed by atoms with Crippen molar-refractivity contribution in [1.29, 1.82) is 0 Å². The number of carbonyl (C=O) groups excluding carboxylic acids is 1. The zero-order chi connectivity index (χ0) is 18.3. The molecular formula is C19H25N3O4. The second kappa shape index (κ2) is 6.64. The van der Waals surface area contributed by atoms with Crippen LogP contribution in [0.25, 0.3) is 11.0 Å². The number of carbonyl (C=O) groups is 1. The topological polar surface area (TPSA) is 87.8 Å². The van der Waals surface area contributed by atoms with Crippen molar-refractivity contribution in [3.8, 4) is 0 Å². The van der Waals surface area contributed by atoms with Crippen LogP contribution < -0.4 is 0 Å². The predicted molar refractivity (Wildman–Crippen MR) is 95.6 cm³/mol. The van der Waals surface area contributed by atoms with Crippen LogP contribution in [0, 0.1) is 6.92 Å². The normalized spacial score (nSPS) is 25.7. The maximum Gasteiger partial charge on any atom is 0.242 e. The van der Waals surface area contributed by atoms with Gasteiger partial charge in [0.05, 0.1) is 29.3 Å². The number of likely N-dealkylation sites (tertiary alicyclic amines) is 1. The first-order valence-corrected chi connectivity index (χ1v) is 9.20. The Morgan fingerprint density at radius 1 is 1.31 bits per heavy atom. The van der Waals surface area contributed by atoms with Crippen LogP contribution >= 0.6 is 0 Å². The standard InChI is InChI=1S/C19H25N3O4/c1-13-20-14-4-2-3-5-15(14)22(13)12-17(24)21-9-7-19(8-10-21)18(25)16(23)6-11-26-19/h2-5,16,18,23,25H,6-12H2,1H3/t16-,18-/m0/s1. The third-order valence-corrected chi connectivity index (χ3v) is 5.81. The number of imidazole rings is 1. The molecule has 26 heavy (non-hydrogen) atoms. The number of rotatable bonds is 2. The van der Waals surface area contributed by atoms with Crippen LogP contribution in [0.5, 0.6) is 0 Å². The number of aryl methyl sites for hydroxylation is 1. The summed E-state index contributed by atoms with van der Waals surface area (Å²) in [7, 11) is 0. The Bertz CT molecular complexity index is 810. The number of hydrogen-bond donors (Lipinski definition) is 2. The molecule has 0 saturated carbocycles. The second-order valence-corrected chi connectivity index (χ2v) is 7.33. The number of ether oxygens (including phenoxy) is 1. The number of fused-ring (bicyclic) bond motifs is 1. The summed E-state index contributed by atoms with van der Waals surface area (Å²) in [6, 6.07) is 7.81. The fraction of sp³-hybridized carbons (Fsp3) is 0.579. The van der Waals surface area contributed by atoms with Gasteiger partial charge in [0, 0.05) is 13.1 Å². The molecule has 2 fully saturated rings. The Morgan fingerprint density at radius 3 is 2.81 bits per heavy atom. The van der Waals surface area contributed by atoms with Crippen molar-refractivity contribution in [3.05, 3.63) is 30.1 Å². The molecule has 7 heteroatoms. The summed E-state index contributed by atoms with van der Waals surface area (Å²) in [4.78, 5) is 19.1. The minimum Gasteiger partial charge on any atom is -0.390 e. The molecule has 1 amide bonds. The highest BCUT2D eigenvalue weighted by molar-refractivity contribution is 5.81. The molecule has 2 saturated heterocycles. The molecule has 2 aliphatic heterocycles. The summed E-state index contributed by atoms with van der Waals surface area (Å²) in [5.74, 6) is 0.860. The third-order valence-electron chi connectivity index (χ3n) is 5.81. The Morgan fingerprint density at radius 2 is 2.04 bits per heavy atom. The van der Waals surface area contributed by atoms with Gasteiger partial charge in [-0.15, -0.1) is 0 Å². The molecule has 0 unspecified atom stereocenters. The quantitative estimate of drug-likeness (QED) is 0.830. The van der Waals surface area contributed by atoms with Crippen LogP contribution in [-0.4, -0.2) is 68.1 Å². The fourth-order valence-corrected chi connectivity index (χ4v) is 4.18. The van der Waals surface area contributed by atoms with E-state index in [4.69, 9.17) is 4.74 Å². The zero-order valence-corrected chi connectivity index (χ0v) is 15.0. The van der Waals surface area contributed by atoms with E-state index in [1.54, 1.807) is 0 Å². The average Bonchev–Trinajstić information content (AvgIpc) is 2.96. The molecule has 2 atom stereocenters. The SMILES string of the molecule is Cc1nc2ccccc2n1CC(=O)N1CCC2(CC1)OCC[C@H](O)[C@@H]2O. The molecule has 0 bridgehead atoms. The molecule has 4 rings (SSSR count). The highest BCUT2D eigenvalue weighted by atomic mass is 16.5. The van der Waals surface area contributed by atoms with Crippen molar-refractivity contribution < 1.29 is 19.7 Å². The van der Waals surface area contributed by atoms with Crippen molar-refractivity contribution in [2.24, 2.45) is 0 Å². The number of para-hydroxylation sites is 2. The molecular weight excluding hydrogens is 334 g/mol. The number of aromatic nitrogens is 2. The Kier molecular flexibility index (Phi) is 4.46. The van der Waals surface area contributed by atoms with Crippen LogP contribution in [0.4, 0.5) is 0 Å². The second-order valence-electron chi connectivity index (χ2n) is 7.33. The number of aliphatic hydroxyl groups excluding tert-OH is 2. The van der Waals surface area contributed by atoms with E-state index >= 15 is 0 Å². The molecule has 140 valence electrons. The van der Waals surface area contributed by atoms with Gasteiger partial charge in [-0.1, -0.05) is 12.1 Å². The molecule has 0 aliphatic carbocycles. The lowest BCUT2D eigenvalue weighted by Crippen LogP contribution is -2.60. The van der Waals surface area contributed by atoms with Crippen molar-refractivity contribution in [2.75, 3.05) is 19.7 Å². The molecule has 1 aromatic heterocycles. The minimum atomic E-state index is -0.881. The summed E-state index contributed by atoms with van der Waals surface area (Å²) in [6.07, 6.45) is -0.0842. The van der Waals surface area contributed by atoms with Gasteiger partial charge in [-0.2, -0.15) is 0 Å². The first-order chi connectivity index (χ1) is 12.5. The maximum atomic E-state index is 12.8. The average molecular weight is 359 g/mol. The van der Waals surface area contributed by atoms with Crippen LogP contribution in [-0.2, 0) is 16.1 Å². The van der Waals surface area contributed by atoms with E-state index in [1.807, 2.05) is 40.7 Å². The van der Waals surface area contributed by atoms with Gasteiger partial charge in [-0.3, -0.25) is 4.79 Å². The van der Waals surface area contributed by atoms with Crippen molar-refractivity contribution in [3.63, 3.8) is 0 Å². The molecule has 1 spiro atoms. The first-order valence-electron chi connectivity index (χ1n) is 9.20. The van der Waals surface area contributed by atoms with Crippen LogP contribution in [0.1, 0.15) is 25.1 Å². The molecule has 2 N–H and O–H groups in total. The van der Waals surface area contributed by atoms with E-state index in [1.165, 1.54) is 0 Å². The highest BCUT2D eigenvalue weighted by Gasteiger charge is 2.48. The molecule has 7 nitrogen and oxygen atoms in total.